The van der Waals surface area contributed by atoms with Gasteiger partial charge in [-0.2, -0.15) is 0 Å². The third-order valence-electron chi connectivity index (χ3n) is 9.13. The average molecular weight is 653 g/mol. The van der Waals surface area contributed by atoms with E-state index in [-0.39, 0.29) is 31.1 Å². The summed E-state index contributed by atoms with van der Waals surface area (Å²) in [6.45, 7) is 8.59. The maximum atomic E-state index is 13.9. The second-order valence-corrected chi connectivity index (χ2v) is 17.4. The van der Waals surface area contributed by atoms with Crippen molar-refractivity contribution in [3.05, 3.63) is 120 Å². The fourth-order valence-electron chi connectivity index (χ4n) is 6.72. The van der Waals surface area contributed by atoms with Crippen LogP contribution in [0.15, 0.2) is 103 Å². The summed E-state index contributed by atoms with van der Waals surface area (Å²) in [5, 5.41) is 14.2. The fourth-order valence-corrected chi connectivity index (χ4v) is 11.2. The zero-order valence-electron chi connectivity index (χ0n) is 27.8. The maximum absolute atomic E-state index is 13.9. The number of hydrogen-bond donors (Lipinski definition) is 1. The van der Waals surface area contributed by atoms with Crippen LogP contribution in [0.25, 0.3) is 0 Å². The summed E-state index contributed by atoms with van der Waals surface area (Å²) in [6, 6.07) is 31.5. The van der Waals surface area contributed by atoms with Crippen LogP contribution >= 0.6 is 0 Å². The number of nitrogens with zero attached hydrogens (tertiary/aromatic N) is 2. The molecule has 4 aromatic rings. The number of rotatable bonds is 12. The molecule has 2 amide bonds. The Balaban J connectivity index is 1.51. The minimum Gasteiger partial charge on any atom is -0.481 e. The van der Waals surface area contributed by atoms with Crippen molar-refractivity contribution in [3.63, 3.8) is 0 Å². The second kappa shape index (κ2) is 14.2. The van der Waals surface area contributed by atoms with Crippen molar-refractivity contribution in [2.24, 2.45) is 0 Å². The molecule has 0 unspecified atom stereocenters. The molecule has 1 saturated heterocycles. The highest BCUT2D eigenvalue weighted by Crippen LogP contribution is 2.40. The van der Waals surface area contributed by atoms with Crippen LogP contribution in [0, 0.1) is 0 Å². The molecule has 1 N–H and O–H groups in total. The molecular formula is C38H44N2O6Si. The SMILES string of the molecule is CC[C@@](O)(CC(=O)N1C(=O)OC[C@H]1Cc1ccccc1)c1ccnc(OC)c1CO[Si](c1ccccc1)(c1ccccc1)C(C)(C)C. The summed E-state index contributed by atoms with van der Waals surface area (Å²) in [5.41, 5.74) is 0.383. The third kappa shape index (κ3) is 6.88. The van der Waals surface area contributed by atoms with Crippen LogP contribution in [0.4, 0.5) is 4.79 Å². The number of benzene rings is 3. The number of carbonyl (C=O) groups excluding carboxylic acids is 2. The monoisotopic (exact) mass is 652 g/mol. The van der Waals surface area contributed by atoms with Crippen LogP contribution in [0.1, 0.15) is 57.2 Å². The Morgan fingerprint density at radius 1 is 0.957 bits per heavy atom. The lowest BCUT2D eigenvalue weighted by Crippen LogP contribution is -2.66. The first-order valence-electron chi connectivity index (χ1n) is 16.1. The number of amides is 2. The van der Waals surface area contributed by atoms with E-state index in [4.69, 9.17) is 13.9 Å². The van der Waals surface area contributed by atoms with Gasteiger partial charge in [0.2, 0.25) is 11.8 Å². The Morgan fingerprint density at radius 3 is 2.06 bits per heavy atom. The summed E-state index contributed by atoms with van der Waals surface area (Å²) in [6.07, 6.45) is 1.20. The van der Waals surface area contributed by atoms with Crippen molar-refractivity contribution in [1.29, 1.82) is 0 Å². The molecule has 0 aliphatic carbocycles. The summed E-state index contributed by atoms with van der Waals surface area (Å²) >= 11 is 0. The van der Waals surface area contributed by atoms with Gasteiger partial charge in [0, 0.05) is 11.8 Å². The number of carbonyl (C=O) groups is 2. The van der Waals surface area contributed by atoms with Gasteiger partial charge in [0.25, 0.3) is 8.32 Å². The predicted octanol–water partition coefficient (Wildman–Crippen LogP) is 5.74. The first kappa shape index (κ1) is 34.0. The van der Waals surface area contributed by atoms with E-state index in [2.05, 4.69) is 50.0 Å². The Hall–Kier alpha value is -4.31. The van der Waals surface area contributed by atoms with E-state index in [1.54, 1.807) is 12.3 Å². The normalized spacial score (nSPS) is 16.4. The largest absolute Gasteiger partial charge is 0.481 e. The summed E-state index contributed by atoms with van der Waals surface area (Å²) in [4.78, 5) is 32.3. The topological polar surface area (TPSA) is 98.2 Å². The zero-order chi connectivity index (χ0) is 33.7. The molecule has 47 heavy (non-hydrogen) atoms. The summed E-state index contributed by atoms with van der Waals surface area (Å²) < 4.78 is 18.3. The van der Waals surface area contributed by atoms with Gasteiger partial charge in [-0.05, 0) is 45.4 Å². The molecule has 1 aromatic heterocycles. The van der Waals surface area contributed by atoms with Crippen molar-refractivity contribution in [2.75, 3.05) is 13.7 Å². The van der Waals surface area contributed by atoms with Gasteiger partial charge in [-0.1, -0.05) is 119 Å². The van der Waals surface area contributed by atoms with Crippen LogP contribution < -0.4 is 15.1 Å². The van der Waals surface area contributed by atoms with E-state index < -0.39 is 32.0 Å². The molecule has 2 atom stereocenters. The zero-order valence-corrected chi connectivity index (χ0v) is 28.8. The van der Waals surface area contributed by atoms with Gasteiger partial charge in [-0.25, -0.2) is 14.7 Å². The van der Waals surface area contributed by atoms with Gasteiger partial charge in [0.15, 0.2) is 0 Å². The van der Waals surface area contributed by atoms with Crippen LogP contribution in [0.2, 0.25) is 5.04 Å². The van der Waals surface area contributed by atoms with E-state index in [9.17, 15) is 14.7 Å². The molecule has 1 aliphatic heterocycles. The van der Waals surface area contributed by atoms with Crippen LogP contribution in [-0.2, 0) is 32.6 Å². The molecule has 0 radical (unpaired) electrons. The quantitative estimate of drug-likeness (QED) is 0.195. The third-order valence-corrected chi connectivity index (χ3v) is 14.1. The van der Waals surface area contributed by atoms with E-state index in [1.165, 1.54) is 7.11 Å². The molecule has 1 fully saturated rings. The molecule has 9 heteroatoms. The highest BCUT2D eigenvalue weighted by molar-refractivity contribution is 6.99. The van der Waals surface area contributed by atoms with Crippen LogP contribution in [0.5, 0.6) is 5.88 Å². The van der Waals surface area contributed by atoms with Gasteiger partial charge >= 0.3 is 6.09 Å². The number of methoxy groups -OCH3 is 1. The van der Waals surface area contributed by atoms with Crippen molar-refractivity contribution in [3.8, 4) is 5.88 Å². The molecule has 8 nitrogen and oxygen atoms in total. The van der Waals surface area contributed by atoms with E-state index in [0.717, 1.165) is 20.8 Å². The standard InChI is InChI=1S/C38H44N2O6Si/c1-6-38(43,25-34(41)40-29(26-45-36(40)42)24-28-16-10-7-11-17-28)33-22-23-39-35(44-5)32(33)27-46-47(37(2,3)4,30-18-12-8-13-19-30)31-20-14-9-15-21-31/h7-23,29,43H,6,24-27H2,1-5H3/t29-,38-/m1/s1. The molecule has 5 rings (SSSR count). The number of aromatic nitrogens is 1. The van der Waals surface area contributed by atoms with E-state index >= 15 is 0 Å². The van der Waals surface area contributed by atoms with Crippen molar-refractivity contribution in [2.45, 2.75) is 70.2 Å². The Kier molecular flexibility index (Phi) is 10.3. The lowest BCUT2D eigenvalue weighted by atomic mass is 9.85. The van der Waals surface area contributed by atoms with Gasteiger partial charge in [0.05, 0.1) is 31.8 Å². The molecule has 0 spiro atoms. The molecule has 246 valence electrons. The number of ether oxygens (including phenoxy) is 2. The van der Waals surface area contributed by atoms with Gasteiger partial charge in [-0.3, -0.25) is 4.79 Å². The molecule has 2 heterocycles. The van der Waals surface area contributed by atoms with Gasteiger partial charge < -0.3 is 19.0 Å². The molecule has 3 aromatic carbocycles. The number of aliphatic hydroxyl groups is 1. The second-order valence-electron chi connectivity index (χ2n) is 13.0. The smallest absolute Gasteiger partial charge is 0.416 e. The van der Waals surface area contributed by atoms with E-state index in [1.807, 2.05) is 73.7 Å². The lowest BCUT2D eigenvalue weighted by molar-refractivity contribution is -0.135. The molecular weight excluding hydrogens is 609 g/mol. The van der Waals surface area contributed by atoms with Gasteiger partial charge in [0.1, 0.15) is 6.61 Å². The molecule has 1 aliphatic rings. The first-order chi connectivity index (χ1) is 22.5. The molecule has 0 saturated carbocycles. The highest BCUT2D eigenvalue weighted by atomic mass is 28.4. The summed E-state index contributed by atoms with van der Waals surface area (Å²) in [5.74, 6) is -0.199. The van der Waals surface area contributed by atoms with E-state index in [0.29, 0.717) is 23.4 Å². The number of pyridine rings is 1. The minimum atomic E-state index is -2.97. The van der Waals surface area contributed by atoms with Crippen molar-refractivity contribution < 1.29 is 28.6 Å². The Bertz CT molecular complexity index is 1620. The number of cyclic esters (lactones) is 1. The Morgan fingerprint density at radius 2 is 1.53 bits per heavy atom. The van der Waals surface area contributed by atoms with Crippen molar-refractivity contribution in [1.82, 2.24) is 9.88 Å². The Labute approximate surface area is 278 Å². The molecule has 0 bridgehead atoms. The van der Waals surface area contributed by atoms with Crippen LogP contribution in [-0.4, -0.2) is 55.1 Å². The van der Waals surface area contributed by atoms with Crippen molar-refractivity contribution >= 4 is 30.7 Å². The van der Waals surface area contributed by atoms with Gasteiger partial charge in [-0.15, -0.1) is 0 Å². The average Bonchev–Trinajstić information content (AvgIpc) is 3.45. The summed E-state index contributed by atoms with van der Waals surface area (Å²) in [7, 11) is -1.44. The number of imide groups is 1. The maximum Gasteiger partial charge on any atom is 0.416 e. The van der Waals surface area contributed by atoms with Crippen LogP contribution in [0.3, 0.4) is 0 Å². The number of hydrogen-bond acceptors (Lipinski definition) is 7. The fraction of sp³-hybridized carbons (Fsp3) is 0.342. The predicted molar refractivity (Wildman–Crippen MR) is 184 cm³/mol. The lowest BCUT2D eigenvalue weighted by Gasteiger charge is -2.43. The minimum absolute atomic E-state index is 0.0819. The highest BCUT2D eigenvalue weighted by Gasteiger charge is 2.51. The first-order valence-corrected chi connectivity index (χ1v) is 18.0.